The lowest BCUT2D eigenvalue weighted by atomic mass is 9.83. The lowest BCUT2D eigenvalue weighted by Gasteiger charge is -2.47. The van der Waals surface area contributed by atoms with Gasteiger partial charge in [0.15, 0.2) is 0 Å². The molecule has 0 spiro atoms. The van der Waals surface area contributed by atoms with Crippen LogP contribution in [-0.2, 0) is 9.59 Å². The molecule has 2 atom stereocenters. The zero-order valence-electron chi connectivity index (χ0n) is 13.5. The zero-order valence-corrected chi connectivity index (χ0v) is 13.5. The highest BCUT2D eigenvalue weighted by molar-refractivity contribution is 5.78. The summed E-state index contributed by atoms with van der Waals surface area (Å²) in [5.74, 6) is 1.66. The summed E-state index contributed by atoms with van der Waals surface area (Å²) in [6.45, 7) is 2.83. The Labute approximate surface area is 133 Å². The molecule has 0 aromatic rings. The van der Waals surface area contributed by atoms with Gasteiger partial charge in [-0.25, -0.2) is 0 Å². The number of rotatable bonds is 4. The molecule has 0 bridgehead atoms. The van der Waals surface area contributed by atoms with Crippen molar-refractivity contribution in [2.75, 3.05) is 26.2 Å². The van der Waals surface area contributed by atoms with E-state index in [1.807, 2.05) is 4.90 Å². The smallest absolute Gasteiger partial charge is 0.222 e. The molecule has 3 fully saturated rings. The normalized spacial score (nSPS) is 29.8. The van der Waals surface area contributed by atoms with Crippen molar-refractivity contribution in [1.82, 2.24) is 9.80 Å². The maximum absolute atomic E-state index is 12.5. The summed E-state index contributed by atoms with van der Waals surface area (Å²) < 4.78 is 0. The third-order valence-electron chi connectivity index (χ3n) is 5.80. The van der Waals surface area contributed by atoms with Crippen LogP contribution in [0.15, 0.2) is 0 Å². The molecule has 3 rings (SSSR count). The highest BCUT2D eigenvalue weighted by Gasteiger charge is 2.40. The molecule has 1 aliphatic carbocycles. The second-order valence-electron chi connectivity index (χ2n) is 7.22. The average Bonchev–Trinajstić information content (AvgIpc) is 3.02. The Morgan fingerprint density at radius 3 is 2.68 bits per heavy atom. The van der Waals surface area contributed by atoms with Crippen LogP contribution in [0.2, 0.25) is 0 Å². The molecule has 0 unspecified atom stereocenters. The number of amides is 2. The summed E-state index contributed by atoms with van der Waals surface area (Å²) >= 11 is 0. The number of hydrogen-bond donors (Lipinski definition) is 1. The molecule has 0 aromatic heterocycles. The van der Waals surface area contributed by atoms with Crippen molar-refractivity contribution < 1.29 is 9.59 Å². The highest BCUT2D eigenvalue weighted by Crippen LogP contribution is 2.33. The number of nitrogens with two attached hydrogens (primary N) is 1. The molecule has 3 aliphatic rings. The molecule has 5 nitrogen and oxygen atoms in total. The van der Waals surface area contributed by atoms with Crippen LogP contribution in [0.1, 0.15) is 51.4 Å². The molecule has 2 N–H and O–H groups in total. The summed E-state index contributed by atoms with van der Waals surface area (Å²) in [5, 5.41) is 0. The van der Waals surface area contributed by atoms with Gasteiger partial charge in [-0.2, -0.15) is 0 Å². The second kappa shape index (κ2) is 6.99. The van der Waals surface area contributed by atoms with E-state index >= 15 is 0 Å². The molecular formula is C17H29N3O2. The van der Waals surface area contributed by atoms with Crippen LogP contribution in [-0.4, -0.2) is 53.8 Å². The monoisotopic (exact) mass is 307 g/mol. The SMILES string of the molecule is NCCN1C(=O)CC[C@H]2CN(C(=O)CC3CCCC3)CC[C@H]21. The Morgan fingerprint density at radius 1 is 1.18 bits per heavy atom. The molecule has 2 heterocycles. The lowest BCUT2D eigenvalue weighted by molar-refractivity contribution is -0.144. The van der Waals surface area contributed by atoms with E-state index in [4.69, 9.17) is 5.73 Å². The van der Waals surface area contributed by atoms with Crippen molar-refractivity contribution in [3.05, 3.63) is 0 Å². The fourth-order valence-corrected chi connectivity index (χ4v) is 4.60. The third kappa shape index (κ3) is 3.29. The van der Waals surface area contributed by atoms with Crippen LogP contribution in [0.4, 0.5) is 0 Å². The van der Waals surface area contributed by atoms with Gasteiger partial charge in [-0.1, -0.05) is 12.8 Å². The van der Waals surface area contributed by atoms with Crippen LogP contribution in [0, 0.1) is 11.8 Å². The third-order valence-corrected chi connectivity index (χ3v) is 5.80. The van der Waals surface area contributed by atoms with E-state index in [-0.39, 0.29) is 5.91 Å². The molecule has 0 radical (unpaired) electrons. The molecule has 2 amide bonds. The van der Waals surface area contributed by atoms with Crippen molar-refractivity contribution in [2.24, 2.45) is 17.6 Å². The van der Waals surface area contributed by atoms with Crippen molar-refractivity contribution in [3.63, 3.8) is 0 Å². The number of fused-ring (bicyclic) bond motifs is 1. The maximum atomic E-state index is 12.5. The van der Waals surface area contributed by atoms with Crippen LogP contribution in [0.5, 0.6) is 0 Å². The van der Waals surface area contributed by atoms with Gasteiger partial charge >= 0.3 is 0 Å². The molecule has 2 aliphatic heterocycles. The largest absolute Gasteiger partial charge is 0.342 e. The van der Waals surface area contributed by atoms with E-state index < -0.39 is 0 Å². The molecule has 22 heavy (non-hydrogen) atoms. The predicted octanol–water partition coefficient (Wildman–Crippen LogP) is 1.36. The number of carbonyl (C=O) groups excluding carboxylic acids is 2. The molecule has 0 aromatic carbocycles. The number of likely N-dealkylation sites (tertiary alicyclic amines) is 2. The maximum Gasteiger partial charge on any atom is 0.222 e. The van der Waals surface area contributed by atoms with Gasteiger partial charge in [0.1, 0.15) is 0 Å². The molecule has 1 saturated carbocycles. The topological polar surface area (TPSA) is 66.6 Å². The Hall–Kier alpha value is -1.10. The van der Waals surface area contributed by atoms with Gasteiger partial charge in [0, 0.05) is 45.1 Å². The molecule has 124 valence electrons. The van der Waals surface area contributed by atoms with Crippen LogP contribution in [0.3, 0.4) is 0 Å². The highest BCUT2D eigenvalue weighted by atomic mass is 16.2. The lowest BCUT2D eigenvalue weighted by Crippen LogP contribution is -2.57. The number of piperidine rings is 2. The Bertz CT molecular complexity index is 420. The van der Waals surface area contributed by atoms with Crippen molar-refractivity contribution in [1.29, 1.82) is 0 Å². The van der Waals surface area contributed by atoms with Gasteiger partial charge in [0.25, 0.3) is 0 Å². The number of nitrogens with zero attached hydrogens (tertiary/aromatic N) is 2. The fourth-order valence-electron chi connectivity index (χ4n) is 4.60. The average molecular weight is 307 g/mol. The van der Waals surface area contributed by atoms with E-state index in [9.17, 15) is 9.59 Å². The second-order valence-corrected chi connectivity index (χ2v) is 7.22. The standard InChI is InChI=1S/C17H29N3O2/c18-8-10-20-15-7-9-19(12-14(15)5-6-16(20)21)17(22)11-13-3-1-2-4-13/h13-15H,1-12,18H2/t14-,15+/m0/s1. The van der Waals surface area contributed by atoms with Gasteiger partial charge in [-0.05, 0) is 37.5 Å². The summed E-state index contributed by atoms with van der Waals surface area (Å²) in [5.41, 5.74) is 5.65. The first-order valence-electron chi connectivity index (χ1n) is 8.96. The summed E-state index contributed by atoms with van der Waals surface area (Å²) in [6.07, 6.45) is 8.24. The van der Waals surface area contributed by atoms with E-state index in [1.54, 1.807) is 0 Å². The minimum Gasteiger partial charge on any atom is -0.342 e. The first-order valence-corrected chi connectivity index (χ1v) is 8.96. The van der Waals surface area contributed by atoms with Gasteiger partial charge in [-0.15, -0.1) is 0 Å². The summed E-state index contributed by atoms with van der Waals surface area (Å²) in [4.78, 5) is 28.6. The van der Waals surface area contributed by atoms with E-state index in [2.05, 4.69) is 4.90 Å². The van der Waals surface area contributed by atoms with Crippen LogP contribution in [0.25, 0.3) is 0 Å². The fraction of sp³-hybridized carbons (Fsp3) is 0.882. The first kappa shape index (κ1) is 15.8. The van der Waals surface area contributed by atoms with Crippen molar-refractivity contribution in [3.8, 4) is 0 Å². The van der Waals surface area contributed by atoms with Crippen molar-refractivity contribution in [2.45, 2.75) is 57.4 Å². The molecule has 2 saturated heterocycles. The molecular weight excluding hydrogens is 278 g/mol. The van der Waals surface area contributed by atoms with Gasteiger partial charge in [0.05, 0.1) is 0 Å². The van der Waals surface area contributed by atoms with Crippen LogP contribution >= 0.6 is 0 Å². The zero-order chi connectivity index (χ0) is 15.5. The molecule has 5 heteroatoms. The van der Waals surface area contributed by atoms with Gasteiger partial charge in [0.2, 0.25) is 11.8 Å². The predicted molar refractivity (Wildman–Crippen MR) is 85.1 cm³/mol. The van der Waals surface area contributed by atoms with Gasteiger partial charge in [-0.3, -0.25) is 9.59 Å². The summed E-state index contributed by atoms with van der Waals surface area (Å²) in [7, 11) is 0. The Morgan fingerprint density at radius 2 is 1.95 bits per heavy atom. The quantitative estimate of drug-likeness (QED) is 0.853. The number of carbonyl (C=O) groups is 2. The van der Waals surface area contributed by atoms with E-state index in [1.165, 1.54) is 25.7 Å². The van der Waals surface area contributed by atoms with Crippen LogP contribution < -0.4 is 5.73 Å². The van der Waals surface area contributed by atoms with E-state index in [0.29, 0.717) is 43.3 Å². The Balaban J connectivity index is 1.56. The first-order chi connectivity index (χ1) is 10.7. The summed E-state index contributed by atoms with van der Waals surface area (Å²) in [6, 6.07) is 0.306. The number of hydrogen-bond acceptors (Lipinski definition) is 3. The minimum atomic E-state index is 0.248. The minimum absolute atomic E-state index is 0.248. The Kier molecular flexibility index (Phi) is 5.01. The van der Waals surface area contributed by atoms with Crippen molar-refractivity contribution >= 4 is 11.8 Å². The van der Waals surface area contributed by atoms with E-state index in [0.717, 1.165) is 32.4 Å². The van der Waals surface area contributed by atoms with Gasteiger partial charge < -0.3 is 15.5 Å².